The number of aliphatic carboxylic acids is 1. The van der Waals surface area contributed by atoms with E-state index >= 15 is 0 Å². The molecule has 6 heteroatoms. The summed E-state index contributed by atoms with van der Waals surface area (Å²) in [5.41, 5.74) is 0. The van der Waals surface area contributed by atoms with E-state index in [4.69, 9.17) is 4.42 Å². The van der Waals surface area contributed by atoms with Gasteiger partial charge in [-0.25, -0.2) is 9.59 Å². The van der Waals surface area contributed by atoms with Crippen molar-refractivity contribution in [3.63, 3.8) is 0 Å². The van der Waals surface area contributed by atoms with Gasteiger partial charge in [0.15, 0.2) is 0 Å². The van der Waals surface area contributed by atoms with Crippen molar-refractivity contribution in [3.8, 4) is 0 Å². The Bertz CT molecular complexity index is 458. The van der Waals surface area contributed by atoms with E-state index in [-0.39, 0.29) is 6.03 Å². The lowest BCUT2D eigenvalue weighted by atomic mass is 10.1. The monoisotopic (exact) mass is 280 g/mol. The highest BCUT2D eigenvalue weighted by atomic mass is 16.4. The van der Waals surface area contributed by atoms with Crippen molar-refractivity contribution in [1.29, 1.82) is 0 Å². The van der Waals surface area contributed by atoms with E-state index < -0.39 is 12.0 Å². The van der Waals surface area contributed by atoms with E-state index in [1.807, 2.05) is 0 Å². The van der Waals surface area contributed by atoms with Gasteiger partial charge in [-0.1, -0.05) is 12.8 Å². The van der Waals surface area contributed by atoms with Crippen LogP contribution in [-0.2, 0) is 11.3 Å². The molecule has 1 N–H and O–H groups in total. The average Bonchev–Trinajstić information content (AvgIpc) is 2.79. The molecule has 110 valence electrons. The zero-order valence-corrected chi connectivity index (χ0v) is 11.6. The standard InChI is InChI=1S/C14H20N2O4/c1-15(10-11-6-5-9-20-11)14(19)16-8-4-2-3-7-12(16)13(17)18/h5-6,9,12H,2-4,7-8,10H2,1H3,(H,17,18). The summed E-state index contributed by atoms with van der Waals surface area (Å²) >= 11 is 0. The zero-order chi connectivity index (χ0) is 14.5. The Morgan fingerprint density at radius 2 is 2.25 bits per heavy atom. The molecule has 20 heavy (non-hydrogen) atoms. The minimum absolute atomic E-state index is 0.254. The summed E-state index contributed by atoms with van der Waals surface area (Å²) in [6.45, 7) is 0.840. The number of hydrogen-bond acceptors (Lipinski definition) is 3. The van der Waals surface area contributed by atoms with Crippen molar-refractivity contribution in [2.75, 3.05) is 13.6 Å². The molecule has 1 aliphatic rings. The summed E-state index contributed by atoms with van der Waals surface area (Å²) < 4.78 is 5.21. The van der Waals surface area contributed by atoms with Gasteiger partial charge in [-0.15, -0.1) is 0 Å². The molecule has 1 unspecified atom stereocenters. The predicted octanol–water partition coefficient (Wildman–Crippen LogP) is 2.16. The summed E-state index contributed by atoms with van der Waals surface area (Å²) in [6.07, 6.45) is 4.75. The fourth-order valence-corrected chi connectivity index (χ4v) is 2.52. The first-order valence-electron chi connectivity index (χ1n) is 6.86. The summed E-state index contributed by atoms with van der Waals surface area (Å²) in [4.78, 5) is 26.7. The number of carbonyl (C=O) groups excluding carboxylic acids is 1. The van der Waals surface area contributed by atoms with E-state index in [0.717, 1.165) is 19.3 Å². The van der Waals surface area contributed by atoms with Crippen LogP contribution in [0.5, 0.6) is 0 Å². The maximum atomic E-state index is 12.4. The molecule has 0 aromatic carbocycles. The molecule has 0 saturated carbocycles. The Kier molecular flexibility index (Phi) is 4.65. The van der Waals surface area contributed by atoms with Crippen molar-refractivity contribution >= 4 is 12.0 Å². The SMILES string of the molecule is CN(Cc1ccco1)C(=O)N1CCCCCC1C(=O)O. The van der Waals surface area contributed by atoms with E-state index in [9.17, 15) is 14.7 Å². The third-order valence-electron chi connectivity index (χ3n) is 3.58. The van der Waals surface area contributed by atoms with Crippen LogP contribution in [0.1, 0.15) is 31.4 Å². The lowest BCUT2D eigenvalue weighted by molar-refractivity contribution is -0.142. The molecule has 2 amide bonds. The maximum absolute atomic E-state index is 12.4. The van der Waals surface area contributed by atoms with Crippen molar-refractivity contribution in [2.45, 2.75) is 38.3 Å². The first kappa shape index (κ1) is 14.4. The van der Waals surface area contributed by atoms with Crippen molar-refractivity contribution in [2.24, 2.45) is 0 Å². The summed E-state index contributed by atoms with van der Waals surface area (Å²) in [5, 5.41) is 9.29. The summed E-state index contributed by atoms with van der Waals surface area (Å²) in [7, 11) is 1.66. The van der Waals surface area contributed by atoms with Crippen LogP contribution >= 0.6 is 0 Å². The normalized spacial score (nSPS) is 19.4. The lowest BCUT2D eigenvalue weighted by Gasteiger charge is -2.31. The molecule has 0 bridgehead atoms. The molecule has 2 heterocycles. The van der Waals surface area contributed by atoms with Gasteiger partial charge in [0.05, 0.1) is 12.8 Å². The first-order chi connectivity index (χ1) is 9.59. The molecule has 1 aliphatic heterocycles. The number of rotatable bonds is 3. The number of urea groups is 1. The van der Waals surface area contributed by atoms with Gasteiger partial charge < -0.3 is 19.3 Å². The average molecular weight is 280 g/mol. The fraction of sp³-hybridized carbons (Fsp3) is 0.571. The maximum Gasteiger partial charge on any atom is 0.326 e. The predicted molar refractivity (Wildman–Crippen MR) is 72.2 cm³/mol. The smallest absolute Gasteiger partial charge is 0.326 e. The number of carboxylic acid groups (broad SMARTS) is 1. The van der Waals surface area contributed by atoms with Crippen molar-refractivity contribution in [1.82, 2.24) is 9.80 Å². The van der Waals surface area contributed by atoms with Crippen LogP contribution < -0.4 is 0 Å². The van der Waals surface area contributed by atoms with Gasteiger partial charge >= 0.3 is 12.0 Å². The minimum Gasteiger partial charge on any atom is -0.480 e. The molecule has 1 saturated heterocycles. The second kappa shape index (κ2) is 6.45. The number of carbonyl (C=O) groups is 2. The van der Waals surface area contributed by atoms with Gasteiger partial charge in [0.2, 0.25) is 0 Å². The van der Waals surface area contributed by atoms with Crippen LogP contribution in [0.2, 0.25) is 0 Å². The van der Waals surface area contributed by atoms with E-state index in [1.165, 1.54) is 9.80 Å². The first-order valence-corrected chi connectivity index (χ1v) is 6.86. The molecule has 0 spiro atoms. The Morgan fingerprint density at radius 1 is 1.45 bits per heavy atom. The molecular formula is C14H20N2O4. The number of nitrogens with zero attached hydrogens (tertiary/aromatic N) is 2. The molecule has 0 radical (unpaired) electrons. The highest BCUT2D eigenvalue weighted by molar-refractivity contribution is 5.82. The van der Waals surface area contributed by atoms with Gasteiger partial charge in [-0.2, -0.15) is 0 Å². The molecular weight excluding hydrogens is 260 g/mol. The van der Waals surface area contributed by atoms with Gasteiger partial charge in [-0.3, -0.25) is 0 Å². The number of carboxylic acids is 1. The third kappa shape index (κ3) is 3.31. The molecule has 1 fully saturated rings. The topological polar surface area (TPSA) is 74.0 Å². The Hall–Kier alpha value is -1.98. The highest BCUT2D eigenvalue weighted by Crippen LogP contribution is 2.19. The Labute approximate surface area is 118 Å². The largest absolute Gasteiger partial charge is 0.480 e. The quantitative estimate of drug-likeness (QED) is 0.920. The van der Waals surface area contributed by atoms with Crippen LogP contribution in [0.25, 0.3) is 0 Å². The van der Waals surface area contributed by atoms with Gasteiger partial charge in [0, 0.05) is 13.6 Å². The van der Waals surface area contributed by atoms with Crippen molar-refractivity contribution in [3.05, 3.63) is 24.2 Å². The van der Waals surface area contributed by atoms with E-state index in [2.05, 4.69) is 0 Å². The Morgan fingerprint density at radius 3 is 2.90 bits per heavy atom. The molecule has 1 atom stereocenters. The van der Waals surface area contributed by atoms with Crippen molar-refractivity contribution < 1.29 is 19.1 Å². The van der Waals surface area contributed by atoms with Crippen LogP contribution in [0.3, 0.4) is 0 Å². The summed E-state index contributed by atoms with van der Waals surface area (Å²) in [5.74, 6) is -0.241. The number of hydrogen-bond donors (Lipinski definition) is 1. The van der Waals surface area contributed by atoms with Crippen LogP contribution in [0, 0.1) is 0 Å². The fourth-order valence-electron chi connectivity index (χ4n) is 2.52. The van der Waals surface area contributed by atoms with Crippen LogP contribution in [0.4, 0.5) is 4.79 Å². The molecule has 1 aromatic rings. The minimum atomic E-state index is -0.924. The summed E-state index contributed by atoms with van der Waals surface area (Å²) in [6, 6.07) is 2.58. The molecule has 0 aliphatic carbocycles. The zero-order valence-electron chi connectivity index (χ0n) is 11.6. The van der Waals surface area contributed by atoms with Gasteiger partial charge in [-0.05, 0) is 25.0 Å². The van der Waals surface area contributed by atoms with Gasteiger partial charge in [0.25, 0.3) is 0 Å². The van der Waals surface area contributed by atoms with E-state index in [1.54, 1.807) is 25.4 Å². The Balaban J connectivity index is 2.05. The second-order valence-electron chi connectivity index (χ2n) is 5.11. The molecule has 2 rings (SSSR count). The van der Waals surface area contributed by atoms with E-state index in [0.29, 0.717) is 25.3 Å². The second-order valence-corrected chi connectivity index (χ2v) is 5.11. The third-order valence-corrected chi connectivity index (χ3v) is 3.58. The van der Waals surface area contributed by atoms with Crippen LogP contribution in [0.15, 0.2) is 22.8 Å². The van der Waals surface area contributed by atoms with Gasteiger partial charge in [0.1, 0.15) is 11.8 Å². The lowest BCUT2D eigenvalue weighted by Crippen LogP contribution is -2.49. The molecule has 1 aromatic heterocycles. The highest BCUT2D eigenvalue weighted by Gasteiger charge is 2.32. The number of furan rings is 1. The number of amides is 2. The van der Waals surface area contributed by atoms with Crippen LogP contribution in [-0.4, -0.2) is 46.5 Å². The molecule has 6 nitrogen and oxygen atoms in total. The number of likely N-dealkylation sites (tertiary alicyclic amines) is 1.